The average Bonchev–Trinajstić information content (AvgIpc) is 2.79. The summed E-state index contributed by atoms with van der Waals surface area (Å²) in [7, 11) is 0. The van der Waals surface area contributed by atoms with Crippen molar-refractivity contribution in [1.29, 1.82) is 0 Å². The molecule has 0 spiro atoms. The number of amides is 1. The van der Waals surface area contributed by atoms with Gasteiger partial charge in [0.25, 0.3) is 5.56 Å². The van der Waals surface area contributed by atoms with E-state index in [-0.39, 0.29) is 29.2 Å². The molecular weight excluding hydrogens is 417 g/mol. The number of aromatic nitrogens is 2. The summed E-state index contributed by atoms with van der Waals surface area (Å²) in [6.07, 6.45) is 6.72. The maximum absolute atomic E-state index is 14.2. The molecule has 33 heavy (non-hydrogen) atoms. The fourth-order valence-corrected chi connectivity index (χ4v) is 7.11. The Morgan fingerprint density at radius 1 is 0.970 bits per heavy atom. The third-order valence-corrected chi connectivity index (χ3v) is 8.07. The molecule has 4 aliphatic rings. The quantitative estimate of drug-likeness (QED) is 0.613. The highest BCUT2D eigenvalue weighted by molar-refractivity contribution is 5.83. The van der Waals surface area contributed by atoms with Crippen molar-refractivity contribution in [3.05, 3.63) is 76.1 Å². The highest BCUT2D eigenvalue weighted by atomic mass is 19.1. The Hall–Kier alpha value is -3.02. The van der Waals surface area contributed by atoms with Gasteiger partial charge in [0, 0.05) is 6.54 Å². The van der Waals surface area contributed by atoms with Crippen LogP contribution in [-0.2, 0) is 17.9 Å². The molecule has 1 heterocycles. The highest BCUT2D eigenvalue weighted by Crippen LogP contribution is 2.60. The van der Waals surface area contributed by atoms with Crippen molar-refractivity contribution >= 4 is 16.8 Å². The molecule has 2 aromatic carbocycles. The zero-order valence-electron chi connectivity index (χ0n) is 18.6. The largest absolute Gasteiger partial charge is 0.330 e. The summed E-state index contributed by atoms with van der Waals surface area (Å²) in [5.41, 5.74) is 1.00. The minimum atomic E-state index is -0.300. The van der Waals surface area contributed by atoms with Crippen molar-refractivity contribution in [3.8, 4) is 0 Å². The maximum Gasteiger partial charge on any atom is 0.258 e. The van der Waals surface area contributed by atoms with E-state index < -0.39 is 0 Å². The van der Waals surface area contributed by atoms with Gasteiger partial charge < -0.3 is 9.88 Å². The molecule has 4 saturated carbocycles. The minimum absolute atomic E-state index is 0.168. The van der Waals surface area contributed by atoms with E-state index in [0.29, 0.717) is 41.0 Å². The average molecular weight is 446 g/mol. The summed E-state index contributed by atoms with van der Waals surface area (Å²) in [5.74, 6) is 2.34. The molecule has 6 heteroatoms. The van der Waals surface area contributed by atoms with Gasteiger partial charge >= 0.3 is 0 Å². The number of hydrogen-bond donors (Lipinski definition) is 1. The number of nitrogens with zero attached hydrogens (tertiary/aromatic N) is 2. The zero-order chi connectivity index (χ0) is 22.6. The van der Waals surface area contributed by atoms with Crippen LogP contribution in [0.4, 0.5) is 4.39 Å². The Balaban J connectivity index is 1.35. The molecule has 170 valence electrons. The first kappa shape index (κ1) is 20.6. The minimum Gasteiger partial charge on any atom is -0.330 e. The molecule has 0 saturated heterocycles. The van der Waals surface area contributed by atoms with Gasteiger partial charge in [-0.15, -0.1) is 0 Å². The van der Waals surface area contributed by atoms with Crippen molar-refractivity contribution in [2.75, 3.05) is 0 Å². The lowest BCUT2D eigenvalue weighted by molar-refractivity contribution is -0.159. The zero-order valence-corrected chi connectivity index (χ0v) is 18.6. The number of rotatable bonds is 5. The summed E-state index contributed by atoms with van der Waals surface area (Å²) in [6.45, 7) is 0.607. The third-order valence-electron chi connectivity index (χ3n) is 8.07. The van der Waals surface area contributed by atoms with Crippen molar-refractivity contribution < 1.29 is 9.18 Å². The molecule has 0 radical (unpaired) electrons. The number of aromatic amines is 1. The monoisotopic (exact) mass is 445 g/mol. The first-order valence-corrected chi connectivity index (χ1v) is 12.0. The van der Waals surface area contributed by atoms with Crippen molar-refractivity contribution in [2.24, 2.45) is 23.2 Å². The first-order valence-electron chi connectivity index (χ1n) is 12.0. The normalized spacial score (nSPS) is 27.7. The Bertz CT molecular complexity index is 1230. The molecule has 0 unspecified atom stereocenters. The predicted octanol–water partition coefficient (Wildman–Crippen LogP) is 4.81. The molecule has 4 bridgehead atoms. The topological polar surface area (TPSA) is 66.1 Å². The maximum atomic E-state index is 14.2. The SMILES string of the molecule is O=C(N(Cc1ccc(F)cc1)Cc1nc2ccccc2c(=O)[nH]1)C12CC3CC(CC(C3)C1)C2. The lowest BCUT2D eigenvalue weighted by Gasteiger charge is -2.56. The Labute approximate surface area is 192 Å². The van der Waals surface area contributed by atoms with Crippen molar-refractivity contribution in [2.45, 2.75) is 51.6 Å². The fraction of sp³-hybridized carbons (Fsp3) is 0.444. The van der Waals surface area contributed by atoms with Gasteiger partial charge in [-0.3, -0.25) is 9.59 Å². The van der Waals surface area contributed by atoms with Gasteiger partial charge in [0.15, 0.2) is 0 Å². The van der Waals surface area contributed by atoms with Gasteiger partial charge in [-0.2, -0.15) is 0 Å². The second-order valence-corrected chi connectivity index (χ2v) is 10.5. The number of H-pyrrole nitrogens is 1. The van der Waals surface area contributed by atoms with E-state index >= 15 is 0 Å². The third kappa shape index (κ3) is 3.75. The van der Waals surface area contributed by atoms with Crippen LogP contribution in [-0.4, -0.2) is 20.8 Å². The van der Waals surface area contributed by atoms with E-state index in [1.54, 1.807) is 18.2 Å². The van der Waals surface area contributed by atoms with Crippen molar-refractivity contribution in [3.63, 3.8) is 0 Å². The van der Waals surface area contributed by atoms with E-state index in [9.17, 15) is 14.0 Å². The molecule has 0 atom stereocenters. The molecule has 4 fully saturated rings. The fourth-order valence-electron chi connectivity index (χ4n) is 7.11. The van der Waals surface area contributed by atoms with E-state index in [0.717, 1.165) is 24.8 Å². The van der Waals surface area contributed by atoms with Gasteiger partial charge in [0.1, 0.15) is 11.6 Å². The molecular formula is C27H28FN3O2. The summed E-state index contributed by atoms with van der Waals surface area (Å²) < 4.78 is 13.5. The molecule has 7 rings (SSSR count). The van der Waals surface area contributed by atoms with E-state index in [1.165, 1.54) is 31.4 Å². The van der Waals surface area contributed by atoms with Gasteiger partial charge in [-0.05, 0) is 86.1 Å². The number of nitrogens with one attached hydrogen (secondary N) is 1. The highest BCUT2D eigenvalue weighted by Gasteiger charge is 2.55. The van der Waals surface area contributed by atoms with E-state index in [1.807, 2.05) is 23.1 Å². The summed E-state index contributed by atoms with van der Waals surface area (Å²) in [6, 6.07) is 13.6. The van der Waals surface area contributed by atoms with Gasteiger partial charge in [-0.25, -0.2) is 9.37 Å². The van der Waals surface area contributed by atoms with Gasteiger partial charge in [-0.1, -0.05) is 24.3 Å². The second-order valence-electron chi connectivity index (χ2n) is 10.5. The van der Waals surface area contributed by atoms with Crippen LogP contribution in [0.15, 0.2) is 53.3 Å². The van der Waals surface area contributed by atoms with Crippen LogP contribution in [0.3, 0.4) is 0 Å². The molecule has 1 amide bonds. The lowest BCUT2D eigenvalue weighted by Crippen LogP contribution is -2.54. The lowest BCUT2D eigenvalue weighted by atomic mass is 9.49. The Morgan fingerprint density at radius 3 is 2.27 bits per heavy atom. The number of hydrogen-bond acceptors (Lipinski definition) is 3. The Kier molecular flexibility index (Phi) is 4.86. The molecule has 4 aliphatic carbocycles. The van der Waals surface area contributed by atoms with Crippen LogP contribution in [0.2, 0.25) is 0 Å². The Morgan fingerprint density at radius 2 is 1.61 bits per heavy atom. The summed E-state index contributed by atoms with van der Waals surface area (Å²) in [5, 5.41) is 0.541. The number of benzene rings is 2. The molecule has 0 aliphatic heterocycles. The number of para-hydroxylation sites is 1. The first-order chi connectivity index (χ1) is 16.0. The molecule has 3 aromatic rings. The van der Waals surface area contributed by atoms with Gasteiger partial charge in [0.05, 0.1) is 22.9 Å². The molecule has 1 N–H and O–H groups in total. The van der Waals surface area contributed by atoms with Crippen LogP contribution < -0.4 is 5.56 Å². The number of carbonyl (C=O) groups is 1. The van der Waals surface area contributed by atoms with Crippen LogP contribution >= 0.6 is 0 Å². The van der Waals surface area contributed by atoms with Crippen LogP contribution in [0.5, 0.6) is 0 Å². The summed E-state index contributed by atoms with van der Waals surface area (Å²) >= 11 is 0. The van der Waals surface area contributed by atoms with Crippen LogP contribution in [0.1, 0.15) is 49.9 Å². The van der Waals surface area contributed by atoms with E-state index in [4.69, 9.17) is 0 Å². The molecule has 5 nitrogen and oxygen atoms in total. The van der Waals surface area contributed by atoms with Crippen LogP contribution in [0.25, 0.3) is 10.9 Å². The van der Waals surface area contributed by atoms with Crippen molar-refractivity contribution in [1.82, 2.24) is 14.9 Å². The van der Waals surface area contributed by atoms with Crippen LogP contribution in [0, 0.1) is 29.0 Å². The molecule has 1 aromatic heterocycles. The standard InChI is InChI=1S/C27H28FN3O2/c28-21-7-5-17(6-8-21)15-31(16-24-29-23-4-2-1-3-22(23)25(32)30-24)26(33)27-12-18-9-19(13-27)11-20(10-18)14-27/h1-8,18-20H,9-16H2,(H,29,30,32). The number of fused-ring (bicyclic) bond motifs is 1. The summed E-state index contributed by atoms with van der Waals surface area (Å²) in [4.78, 5) is 36.2. The smallest absolute Gasteiger partial charge is 0.258 e. The second kappa shape index (κ2) is 7.79. The van der Waals surface area contributed by atoms with Gasteiger partial charge in [0.2, 0.25) is 5.91 Å². The number of carbonyl (C=O) groups excluding carboxylic acids is 1. The van der Waals surface area contributed by atoms with E-state index in [2.05, 4.69) is 9.97 Å². The number of halogens is 1. The predicted molar refractivity (Wildman–Crippen MR) is 124 cm³/mol.